The molecule has 0 bridgehead atoms. The van der Waals surface area contributed by atoms with Gasteiger partial charge in [-0.2, -0.15) is 5.10 Å². The summed E-state index contributed by atoms with van der Waals surface area (Å²) in [4.78, 5) is 15.8. The average Bonchev–Trinajstić information content (AvgIpc) is 3.13. The molecule has 0 aliphatic carbocycles. The predicted molar refractivity (Wildman–Crippen MR) is 111 cm³/mol. The summed E-state index contributed by atoms with van der Waals surface area (Å²) in [5, 5.41) is 15.1. The van der Waals surface area contributed by atoms with Gasteiger partial charge in [-0.25, -0.2) is 4.98 Å². The first-order chi connectivity index (χ1) is 12.8. The van der Waals surface area contributed by atoms with E-state index in [0.29, 0.717) is 17.5 Å². The molecule has 0 spiro atoms. The number of halogens is 1. The summed E-state index contributed by atoms with van der Waals surface area (Å²) in [7, 11) is 0. The highest BCUT2D eigenvalue weighted by Gasteiger charge is 2.16. The van der Waals surface area contributed by atoms with Crippen LogP contribution in [-0.4, -0.2) is 25.8 Å². The molecule has 27 heavy (non-hydrogen) atoms. The number of hydrogen-bond donors (Lipinski definition) is 1. The number of carbonyl (C=O) groups is 1. The van der Waals surface area contributed by atoms with Crippen molar-refractivity contribution in [1.29, 1.82) is 0 Å². The van der Waals surface area contributed by atoms with Gasteiger partial charge in [-0.1, -0.05) is 37.6 Å². The number of aliphatic carboxylic acids is 1. The van der Waals surface area contributed by atoms with Gasteiger partial charge < -0.3 is 5.11 Å². The Balaban J connectivity index is 2.05. The lowest BCUT2D eigenvalue weighted by Crippen LogP contribution is -2.06. The summed E-state index contributed by atoms with van der Waals surface area (Å²) in [5.74, 6) is -0.408. The third-order valence-corrected chi connectivity index (χ3v) is 5.65. The van der Waals surface area contributed by atoms with Gasteiger partial charge in [-0.05, 0) is 43.0 Å². The molecule has 0 unspecified atom stereocenters. The third-order valence-electron chi connectivity index (χ3n) is 4.14. The molecule has 0 atom stereocenters. The number of carboxylic acid groups (broad SMARTS) is 1. The molecular formula is C20H22ClN3O2S. The highest BCUT2D eigenvalue weighted by Crippen LogP contribution is 2.33. The lowest BCUT2D eigenvalue weighted by atomic mass is 10.1. The lowest BCUT2D eigenvalue weighted by molar-refractivity contribution is -0.136. The Morgan fingerprint density at radius 3 is 2.74 bits per heavy atom. The van der Waals surface area contributed by atoms with E-state index in [2.05, 4.69) is 23.9 Å². The van der Waals surface area contributed by atoms with Crippen molar-refractivity contribution in [1.82, 2.24) is 14.8 Å². The topological polar surface area (TPSA) is 68.0 Å². The van der Waals surface area contributed by atoms with E-state index in [-0.39, 0.29) is 6.42 Å². The van der Waals surface area contributed by atoms with Crippen LogP contribution in [-0.2, 0) is 11.3 Å². The van der Waals surface area contributed by atoms with Crippen molar-refractivity contribution in [2.75, 3.05) is 0 Å². The maximum absolute atomic E-state index is 11.1. The first-order valence-corrected chi connectivity index (χ1v) is 10.1. The van der Waals surface area contributed by atoms with Gasteiger partial charge in [0.1, 0.15) is 10.2 Å². The van der Waals surface area contributed by atoms with Crippen LogP contribution in [0.2, 0.25) is 5.15 Å². The van der Waals surface area contributed by atoms with E-state index in [1.165, 1.54) is 0 Å². The van der Waals surface area contributed by atoms with Gasteiger partial charge in [0, 0.05) is 18.5 Å². The van der Waals surface area contributed by atoms with Crippen molar-refractivity contribution >= 4 is 50.8 Å². The van der Waals surface area contributed by atoms with Crippen LogP contribution in [0.3, 0.4) is 0 Å². The Hall–Kier alpha value is -2.18. The highest BCUT2D eigenvalue weighted by molar-refractivity contribution is 7.19. The Morgan fingerprint density at radius 1 is 1.33 bits per heavy atom. The summed E-state index contributed by atoms with van der Waals surface area (Å²) >= 11 is 8.13. The Labute approximate surface area is 167 Å². The lowest BCUT2D eigenvalue weighted by Gasteiger charge is -2.06. The van der Waals surface area contributed by atoms with Crippen molar-refractivity contribution in [3.8, 4) is 0 Å². The van der Waals surface area contributed by atoms with E-state index in [0.717, 1.165) is 38.6 Å². The molecule has 3 rings (SSSR count). The Kier molecular flexibility index (Phi) is 5.97. The van der Waals surface area contributed by atoms with Crippen molar-refractivity contribution in [2.24, 2.45) is 5.92 Å². The zero-order valence-electron chi connectivity index (χ0n) is 15.6. The number of hydrogen-bond acceptors (Lipinski definition) is 4. The minimum absolute atomic E-state index is 0.0402. The summed E-state index contributed by atoms with van der Waals surface area (Å²) in [5.41, 5.74) is 3.44. The molecule has 0 radical (unpaired) electrons. The zero-order chi connectivity index (χ0) is 19.6. The van der Waals surface area contributed by atoms with Crippen LogP contribution in [0.4, 0.5) is 0 Å². The van der Waals surface area contributed by atoms with E-state index in [4.69, 9.17) is 16.7 Å². The maximum Gasteiger partial charge on any atom is 0.303 e. The van der Waals surface area contributed by atoms with Gasteiger partial charge in [0.05, 0.1) is 15.9 Å². The van der Waals surface area contributed by atoms with Gasteiger partial charge in [0.15, 0.2) is 0 Å². The fourth-order valence-corrected chi connectivity index (χ4v) is 4.17. The van der Waals surface area contributed by atoms with Crippen molar-refractivity contribution < 1.29 is 9.90 Å². The summed E-state index contributed by atoms with van der Waals surface area (Å²) in [6.45, 7) is 6.88. The van der Waals surface area contributed by atoms with E-state index in [9.17, 15) is 4.79 Å². The van der Waals surface area contributed by atoms with E-state index >= 15 is 0 Å². The molecule has 0 amide bonds. The molecule has 0 saturated heterocycles. The second-order valence-electron chi connectivity index (χ2n) is 6.92. The number of para-hydroxylation sites is 1. The second kappa shape index (κ2) is 8.23. The Bertz CT molecular complexity index is 971. The Morgan fingerprint density at radius 2 is 2.07 bits per heavy atom. The molecule has 0 fully saturated rings. The number of rotatable bonds is 7. The molecule has 5 nitrogen and oxygen atoms in total. The number of aromatic nitrogens is 3. The maximum atomic E-state index is 11.1. The van der Waals surface area contributed by atoms with Crippen LogP contribution < -0.4 is 0 Å². The van der Waals surface area contributed by atoms with Gasteiger partial charge >= 0.3 is 5.97 Å². The van der Waals surface area contributed by atoms with Gasteiger partial charge in [0.25, 0.3) is 0 Å². The minimum atomic E-state index is -0.833. The number of aryl methyl sites for hydroxylation is 1. The minimum Gasteiger partial charge on any atom is -0.481 e. The van der Waals surface area contributed by atoms with Crippen LogP contribution in [0, 0.1) is 12.8 Å². The van der Waals surface area contributed by atoms with Crippen LogP contribution >= 0.6 is 22.9 Å². The largest absolute Gasteiger partial charge is 0.481 e. The molecule has 1 N–H and O–H groups in total. The SMILES string of the molecule is Cc1nn(CC(C)C)c(Cl)c1/C=C(/CCC(=O)O)c1nc2ccccc2s1. The van der Waals surface area contributed by atoms with Gasteiger partial charge in [-0.3, -0.25) is 9.48 Å². The van der Waals surface area contributed by atoms with E-state index in [1.54, 1.807) is 16.0 Å². The predicted octanol–water partition coefficient (Wildman–Crippen LogP) is 5.52. The standard InChI is InChI=1S/C20H22ClN3O2S/c1-12(2)11-24-19(21)15(13(3)23-24)10-14(8-9-18(25)26)20-22-16-6-4-5-7-17(16)27-20/h4-7,10,12H,8-9,11H2,1-3H3,(H,25,26)/b14-10-. The molecule has 1 aromatic carbocycles. The monoisotopic (exact) mass is 403 g/mol. The highest BCUT2D eigenvalue weighted by atomic mass is 35.5. The number of carboxylic acids is 1. The normalized spacial score (nSPS) is 12.3. The fraction of sp³-hybridized carbons (Fsp3) is 0.350. The molecule has 0 aliphatic heterocycles. The van der Waals surface area contributed by atoms with Crippen LogP contribution in [0.15, 0.2) is 24.3 Å². The molecule has 3 aromatic rings. The van der Waals surface area contributed by atoms with Crippen LogP contribution in [0.25, 0.3) is 21.9 Å². The molecular weight excluding hydrogens is 382 g/mol. The van der Waals surface area contributed by atoms with Crippen molar-refractivity contribution in [3.63, 3.8) is 0 Å². The van der Waals surface area contributed by atoms with Crippen LogP contribution in [0.1, 0.15) is 43.0 Å². The first kappa shape index (κ1) is 19.6. The molecule has 0 aliphatic rings. The van der Waals surface area contributed by atoms with E-state index in [1.807, 2.05) is 37.3 Å². The average molecular weight is 404 g/mol. The quantitative estimate of drug-likeness (QED) is 0.564. The summed E-state index contributed by atoms with van der Waals surface area (Å²) in [6, 6.07) is 7.90. The van der Waals surface area contributed by atoms with Crippen molar-refractivity contribution in [3.05, 3.63) is 45.7 Å². The second-order valence-corrected chi connectivity index (χ2v) is 8.30. The number of nitrogens with zero attached hydrogens (tertiary/aromatic N) is 3. The van der Waals surface area contributed by atoms with Gasteiger partial charge in [0.2, 0.25) is 0 Å². The summed E-state index contributed by atoms with van der Waals surface area (Å²) < 4.78 is 2.88. The zero-order valence-corrected chi connectivity index (χ0v) is 17.1. The molecule has 142 valence electrons. The van der Waals surface area contributed by atoms with Gasteiger partial charge in [-0.15, -0.1) is 11.3 Å². The smallest absolute Gasteiger partial charge is 0.303 e. The molecule has 0 saturated carbocycles. The first-order valence-electron chi connectivity index (χ1n) is 8.86. The fourth-order valence-electron chi connectivity index (χ4n) is 2.86. The van der Waals surface area contributed by atoms with Crippen LogP contribution in [0.5, 0.6) is 0 Å². The number of benzene rings is 1. The number of allylic oxidation sites excluding steroid dienone is 1. The van der Waals surface area contributed by atoms with Crippen molar-refractivity contribution in [2.45, 2.75) is 40.2 Å². The number of fused-ring (bicyclic) bond motifs is 1. The molecule has 7 heteroatoms. The third kappa shape index (κ3) is 4.57. The summed E-state index contributed by atoms with van der Waals surface area (Å²) in [6.07, 6.45) is 2.38. The number of thiazole rings is 1. The van der Waals surface area contributed by atoms with E-state index < -0.39 is 5.97 Å². The molecule has 2 heterocycles. The molecule has 2 aromatic heterocycles.